The molecule has 3 fully saturated rings. The van der Waals surface area contributed by atoms with Crippen molar-refractivity contribution in [3.05, 3.63) is 23.2 Å². The van der Waals surface area contributed by atoms with E-state index in [0.717, 1.165) is 12.3 Å². The minimum Gasteiger partial charge on any atom is -0.456 e. The zero-order chi connectivity index (χ0) is 22.0. The molecule has 1 amide bonds. The first-order chi connectivity index (χ1) is 14.8. The van der Waals surface area contributed by atoms with Gasteiger partial charge in [0.05, 0.1) is 18.2 Å². The van der Waals surface area contributed by atoms with Crippen molar-refractivity contribution < 1.29 is 27.5 Å². The van der Waals surface area contributed by atoms with Crippen LogP contribution in [0.2, 0.25) is 5.02 Å². The number of hydrogen-bond donors (Lipinski definition) is 1. The van der Waals surface area contributed by atoms with Crippen molar-refractivity contribution in [1.29, 1.82) is 0 Å². The van der Waals surface area contributed by atoms with Crippen molar-refractivity contribution >= 4 is 39.2 Å². The fraction of sp³-hybridized carbons (Fsp3) is 0.619. The minimum atomic E-state index is -3.81. The lowest BCUT2D eigenvalue weighted by Crippen LogP contribution is -2.40. The molecule has 10 heteroatoms. The molecule has 170 valence electrons. The van der Waals surface area contributed by atoms with Gasteiger partial charge in [-0.25, -0.2) is 8.42 Å². The van der Waals surface area contributed by atoms with E-state index < -0.39 is 22.5 Å². The number of nitrogens with zero attached hydrogens (tertiary/aromatic N) is 1. The highest BCUT2D eigenvalue weighted by molar-refractivity contribution is 7.89. The number of nitrogens with one attached hydrogen (secondary N) is 1. The normalized spacial score (nSPS) is 26.0. The maximum absolute atomic E-state index is 12.9. The summed E-state index contributed by atoms with van der Waals surface area (Å²) in [6, 6.07) is 4.25. The van der Waals surface area contributed by atoms with Gasteiger partial charge < -0.3 is 14.8 Å². The number of hydrogen-bond acceptors (Lipinski definition) is 6. The summed E-state index contributed by atoms with van der Waals surface area (Å²) in [6.07, 6.45) is 5.11. The Labute approximate surface area is 187 Å². The van der Waals surface area contributed by atoms with E-state index in [2.05, 4.69) is 5.32 Å². The summed E-state index contributed by atoms with van der Waals surface area (Å²) in [5.41, 5.74) is 0.269. The summed E-state index contributed by atoms with van der Waals surface area (Å²) in [5, 5.41) is 2.65. The van der Waals surface area contributed by atoms with Gasteiger partial charge in [-0.15, -0.1) is 0 Å². The molecule has 4 rings (SSSR count). The van der Waals surface area contributed by atoms with Crippen LogP contribution in [0.1, 0.15) is 32.1 Å². The van der Waals surface area contributed by atoms with Gasteiger partial charge in [-0.2, -0.15) is 4.31 Å². The van der Waals surface area contributed by atoms with Crippen molar-refractivity contribution in [2.24, 2.45) is 17.8 Å². The Morgan fingerprint density at radius 1 is 1.19 bits per heavy atom. The highest BCUT2D eigenvalue weighted by atomic mass is 35.5. The number of rotatable bonds is 7. The maximum Gasteiger partial charge on any atom is 0.306 e. The van der Waals surface area contributed by atoms with E-state index in [1.165, 1.54) is 41.8 Å². The number of halogens is 1. The average Bonchev–Trinajstić information content (AvgIpc) is 3.37. The Morgan fingerprint density at radius 2 is 1.97 bits per heavy atom. The zero-order valence-electron chi connectivity index (χ0n) is 17.2. The molecule has 2 bridgehead atoms. The van der Waals surface area contributed by atoms with Crippen molar-refractivity contribution in [3.63, 3.8) is 0 Å². The minimum absolute atomic E-state index is 0.0711. The smallest absolute Gasteiger partial charge is 0.306 e. The molecule has 0 spiro atoms. The Hall–Kier alpha value is -1.68. The maximum atomic E-state index is 12.9. The zero-order valence-corrected chi connectivity index (χ0v) is 18.8. The van der Waals surface area contributed by atoms with E-state index in [1.807, 2.05) is 0 Å². The van der Waals surface area contributed by atoms with Gasteiger partial charge in [0.15, 0.2) is 6.61 Å². The number of carbonyl (C=O) groups excluding carboxylic acids is 2. The summed E-state index contributed by atoms with van der Waals surface area (Å²) >= 11 is 6.13. The standard InChI is InChI=1S/C21H27ClN2O6S/c22-18-4-3-17(12-19(18)31(27,28)24-5-7-29-8-6-24)23-20(25)13-30-21(26)11-16-10-14-1-2-15(16)9-14/h3-4,12,14-16H,1-2,5-11,13H2,(H,23,25)/t14-,15-,16-/m0/s1. The number of morpholine rings is 1. The second-order valence-corrected chi connectivity index (χ2v) is 10.8. The van der Waals surface area contributed by atoms with Gasteiger partial charge in [-0.3, -0.25) is 9.59 Å². The molecule has 0 radical (unpaired) electrons. The number of sulfonamides is 1. The average molecular weight is 471 g/mol. The van der Waals surface area contributed by atoms with Crippen molar-refractivity contribution in [3.8, 4) is 0 Å². The number of anilines is 1. The Morgan fingerprint density at radius 3 is 2.65 bits per heavy atom. The van der Waals surface area contributed by atoms with E-state index in [1.54, 1.807) is 0 Å². The van der Waals surface area contributed by atoms with Crippen LogP contribution < -0.4 is 5.32 Å². The van der Waals surface area contributed by atoms with Gasteiger partial charge in [0.1, 0.15) is 4.90 Å². The van der Waals surface area contributed by atoms with Crippen LogP contribution in [0.3, 0.4) is 0 Å². The second-order valence-electron chi connectivity index (χ2n) is 8.51. The van der Waals surface area contributed by atoms with Crippen LogP contribution in [-0.4, -0.2) is 57.5 Å². The predicted molar refractivity (Wildman–Crippen MR) is 114 cm³/mol. The van der Waals surface area contributed by atoms with Gasteiger partial charge in [0.2, 0.25) is 10.0 Å². The lowest BCUT2D eigenvalue weighted by Gasteiger charge is -2.26. The number of esters is 1. The molecule has 3 aliphatic rings. The van der Waals surface area contributed by atoms with E-state index in [-0.39, 0.29) is 34.7 Å². The van der Waals surface area contributed by atoms with Crippen LogP contribution in [-0.2, 0) is 29.1 Å². The van der Waals surface area contributed by atoms with Crippen molar-refractivity contribution in [2.45, 2.75) is 37.0 Å². The molecule has 3 atom stereocenters. The molecule has 1 heterocycles. The van der Waals surface area contributed by atoms with Crippen molar-refractivity contribution in [2.75, 3.05) is 38.2 Å². The van der Waals surface area contributed by atoms with Crippen LogP contribution in [0.5, 0.6) is 0 Å². The van der Waals surface area contributed by atoms with Crippen LogP contribution in [0.25, 0.3) is 0 Å². The molecule has 1 aliphatic heterocycles. The number of fused-ring (bicyclic) bond motifs is 2. The monoisotopic (exact) mass is 470 g/mol. The summed E-state index contributed by atoms with van der Waals surface area (Å²) in [7, 11) is -3.81. The molecular formula is C21H27ClN2O6S. The molecule has 1 aromatic carbocycles. The summed E-state index contributed by atoms with van der Waals surface area (Å²) in [6.45, 7) is 0.719. The third-order valence-corrected chi connectivity index (χ3v) is 8.86. The number of benzene rings is 1. The summed E-state index contributed by atoms with van der Waals surface area (Å²) < 4.78 is 37.4. The molecule has 31 heavy (non-hydrogen) atoms. The van der Waals surface area contributed by atoms with Crippen molar-refractivity contribution in [1.82, 2.24) is 4.31 Å². The second kappa shape index (κ2) is 9.44. The SMILES string of the molecule is O=C(COC(=O)C[C@@H]1C[C@H]2CC[C@H]1C2)Nc1ccc(Cl)c(S(=O)(=O)N2CCOCC2)c1. The Balaban J connectivity index is 1.32. The molecule has 1 aromatic rings. The van der Waals surface area contributed by atoms with Crippen LogP contribution in [0, 0.1) is 17.8 Å². The largest absolute Gasteiger partial charge is 0.456 e. The van der Waals surface area contributed by atoms with Gasteiger partial charge in [0.25, 0.3) is 5.91 Å². The van der Waals surface area contributed by atoms with Crippen LogP contribution in [0.4, 0.5) is 5.69 Å². The molecule has 0 unspecified atom stereocenters. The molecular weight excluding hydrogens is 444 g/mol. The summed E-state index contributed by atoms with van der Waals surface area (Å²) in [4.78, 5) is 24.3. The first-order valence-corrected chi connectivity index (χ1v) is 12.5. The first kappa shape index (κ1) is 22.5. The number of carbonyl (C=O) groups is 2. The highest BCUT2D eigenvalue weighted by Crippen LogP contribution is 2.49. The highest BCUT2D eigenvalue weighted by Gasteiger charge is 2.40. The van der Waals surface area contributed by atoms with Gasteiger partial charge in [-0.05, 0) is 55.2 Å². The topological polar surface area (TPSA) is 102 Å². The quantitative estimate of drug-likeness (QED) is 0.615. The molecule has 1 N–H and O–H groups in total. The third-order valence-electron chi connectivity index (χ3n) is 6.48. The fourth-order valence-electron chi connectivity index (χ4n) is 4.95. The first-order valence-electron chi connectivity index (χ1n) is 10.7. The Kier molecular flexibility index (Phi) is 6.86. The third kappa shape index (κ3) is 5.22. The lowest BCUT2D eigenvalue weighted by molar-refractivity contribution is -0.148. The molecule has 0 aromatic heterocycles. The van der Waals surface area contributed by atoms with E-state index in [9.17, 15) is 18.0 Å². The van der Waals surface area contributed by atoms with E-state index >= 15 is 0 Å². The number of amides is 1. The lowest BCUT2D eigenvalue weighted by atomic mass is 9.86. The fourth-order valence-corrected chi connectivity index (χ4v) is 6.86. The van der Waals surface area contributed by atoms with E-state index in [0.29, 0.717) is 31.5 Å². The molecule has 2 saturated carbocycles. The molecule has 8 nitrogen and oxygen atoms in total. The predicted octanol–water partition coefficient (Wildman–Crippen LogP) is 2.67. The van der Waals surface area contributed by atoms with Crippen LogP contribution in [0.15, 0.2) is 23.1 Å². The van der Waals surface area contributed by atoms with E-state index in [4.69, 9.17) is 21.1 Å². The molecule has 1 saturated heterocycles. The van der Waals surface area contributed by atoms with Gasteiger partial charge in [0, 0.05) is 25.2 Å². The van der Waals surface area contributed by atoms with Gasteiger partial charge in [-0.1, -0.05) is 18.0 Å². The Bertz CT molecular complexity index is 947. The van der Waals surface area contributed by atoms with Gasteiger partial charge >= 0.3 is 5.97 Å². The van der Waals surface area contributed by atoms with Crippen LogP contribution >= 0.6 is 11.6 Å². The number of ether oxygens (including phenoxy) is 2. The summed E-state index contributed by atoms with van der Waals surface area (Å²) in [5.74, 6) is 0.850. The molecule has 2 aliphatic carbocycles.